The molecule has 2 aromatic rings. The molecule has 1 N–H and O–H groups in total. The van der Waals surface area contributed by atoms with Gasteiger partial charge in [0.25, 0.3) is 0 Å². The van der Waals surface area contributed by atoms with Gasteiger partial charge in [-0.05, 0) is 30.2 Å². The van der Waals surface area contributed by atoms with E-state index in [-0.39, 0.29) is 29.9 Å². The van der Waals surface area contributed by atoms with E-state index >= 15 is 0 Å². The topological polar surface area (TPSA) is 81.7 Å². The molecule has 1 amide bonds. The fraction of sp³-hybridized carbons (Fsp3) is 0.286. The number of rotatable bonds is 8. The number of halogens is 1. The van der Waals surface area contributed by atoms with E-state index in [0.717, 1.165) is 5.56 Å². The van der Waals surface area contributed by atoms with Crippen molar-refractivity contribution in [3.05, 3.63) is 65.0 Å². The number of esters is 1. The Morgan fingerprint density at radius 2 is 1.79 bits per heavy atom. The van der Waals surface area contributed by atoms with E-state index in [0.29, 0.717) is 11.1 Å². The van der Waals surface area contributed by atoms with Crippen molar-refractivity contribution in [3.8, 4) is 5.75 Å². The van der Waals surface area contributed by atoms with Gasteiger partial charge in [0.1, 0.15) is 0 Å². The Morgan fingerprint density at radius 3 is 2.36 bits per heavy atom. The van der Waals surface area contributed by atoms with Crippen LogP contribution in [0.15, 0.2) is 42.5 Å². The summed E-state index contributed by atoms with van der Waals surface area (Å²) >= 11 is 0. The van der Waals surface area contributed by atoms with E-state index in [1.165, 1.54) is 26.2 Å². The number of carbonyl (C=O) groups excluding carboxylic acids is 3. The zero-order chi connectivity index (χ0) is 20.7. The third-order valence-corrected chi connectivity index (χ3v) is 4.08. The van der Waals surface area contributed by atoms with Crippen molar-refractivity contribution in [3.63, 3.8) is 0 Å². The minimum atomic E-state index is -0.631. The molecule has 0 saturated carbocycles. The van der Waals surface area contributed by atoms with Crippen LogP contribution in [-0.2, 0) is 20.7 Å². The smallest absolute Gasteiger partial charge is 0.310 e. The minimum absolute atomic E-state index is 0.0866. The number of hydrogen-bond donors (Lipinski definition) is 1. The standard InChI is InChI=1S/C21H22FNO5/c1-13(23-14(2)24)16-5-7-17(8-6-16)19(25)12-28-21(26)11-15-4-9-20(27-3)18(22)10-15/h4-10,13H,11-12H2,1-3H3,(H,23,24)/t13-/m1/s1. The van der Waals surface area contributed by atoms with Crippen molar-refractivity contribution < 1.29 is 28.2 Å². The van der Waals surface area contributed by atoms with Gasteiger partial charge in [0, 0.05) is 12.5 Å². The fourth-order valence-electron chi connectivity index (χ4n) is 2.61. The maximum absolute atomic E-state index is 13.6. The lowest BCUT2D eigenvalue weighted by atomic mass is 10.0. The van der Waals surface area contributed by atoms with Crippen molar-refractivity contribution in [2.24, 2.45) is 0 Å². The molecule has 148 valence electrons. The van der Waals surface area contributed by atoms with Gasteiger partial charge in [-0.1, -0.05) is 30.3 Å². The van der Waals surface area contributed by atoms with Gasteiger partial charge in [0.15, 0.2) is 24.0 Å². The van der Waals surface area contributed by atoms with Crippen molar-refractivity contribution >= 4 is 17.7 Å². The van der Waals surface area contributed by atoms with Gasteiger partial charge >= 0.3 is 5.97 Å². The molecule has 0 bridgehead atoms. The summed E-state index contributed by atoms with van der Waals surface area (Å²) in [6.07, 6.45) is -0.151. The van der Waals surface area contributed by atoms with E-state index < -0.39 is 18.4 Å². The lowest BCUT2D eigenvalue weighted by Crippen LogP contribution is -2.23. The molecule has 0 aliphatic rings. The predicted octanol–water partition coefficient (Wildman–Crippen LogP) is 3.00. The molecule has 0 unspecified atom stereocenters. The molecule has 6 nitrogen and oxygen atoms in total. The molecular weight excluding hydrogens is 365 g/mol. The first-order valence-electron chi connectivity index (χ1n) is 8.68. The highest BCUT2D eigenvalue weighted by Gasteiger charge is 2.13. The van der Waals surface area contributed by atoms with Crippen LogP contribution in [0.2, 0.25) is 0 Å². The summed E-state index contributed by atoms with van der Waals surface area (Å²) in [4.78, 5) is 35.2. The van der Waals surface area contributed by atoms with Crippen LogP contribution < -0.4 is 10.1 Å². The third-order valence-electron chi connectivity index (χ3n) is 4.08. The van der Waals surface area contributed by atoms with Crippen LogP contribution in [0.1, 0.15) is 41.4 Å². The molecule has 0 aromatic heterocycles. The summed E-state index contributed by atoms with van der Waals surface area (Å²) in [7, 11) is 1.35. The quantitative estimate of drug-likeness (QED) is 0.556. The summed E-state index contributed by atoms with van der Waals surface area (Å²) in [5.74, 6) is -1.61. The molecule has 0 heterocycles. The van der Waals surface area contributed by atoms with Gasteiger partial charge in [-0.3, -0.25) is 14.4 Å². The van der Waals surface area contributed by atoms with E-state index in [1.807, 2.05) is 6.92 Å². The average Bonchev–Trinajstić information content (AvgIpc) is 2.66. The van der Waals surface area contributed by atoms with Crippen LogP contribution >= 0.6 is 0 Å². The molecule has 2 aromatic carbocycles. The van der Waals surface area contributed by atoms with Gasteiger partial charge < -0.3 is 14.8 Å². The summed E-state index contributed by atoms with van der Waals surface area (Å²) in [5, 5.41) is 2.75. The highest BCUT2D eigenvalue weighted by atomic mass is 19.1. The van der Waals surface area contributed by atoms with Crippen LogP contribution in [0, 0.1) is 5.82 Å². The Balaban J connectivity index is 1.88. The average molecular weight is 387 g/mol. The first-order valence-corrected chi connectivity index (χ1v) is 8.68. The first-order chi connectivity index (χ1) is 13.3. The number of hydrogen-bond acceptors (Lipinski definition) is 5. The van der Waals surface area contributed by atoms with Crippen LogP contribution in [-0.4, -0.2) is 31.4 Å². The number of nitrogens with one attached hydrogen (secondary N) is 1. The summed E-state index contributed by atoms with van der Waals surface area (Å²) in [6.45, 7) is 2.86. The number of methoxy groups -OCH3 is 1. The SMILES string of the molecule is COc1ccc(CC(=O)OCC(=O)c2ccc([C@@H](C)NC(C)=O)cc2)cc1F. The molecule has 7 heteroatoms. The maximum Gasteiger partial charge on any atom is 0.310 e. The van der Waals surface area contributed by atoms with Gasteiger partial charge in [-0.2, -0.15) is 0 Å². The number of ether oxygens (including phenoxy) is 2. The normalized spacial score (nSPS) is 11.4. The molecular formula is C21H22FNO5. The summed E-state index contributed by atoms with van der Waals surface area (Å²) < 4.78 is 23.4. The number of ketones is 1. The summed E-state index contributed by atoms with van der Waals surface area (Å²) in [5.41, 5.74) is 1.67. The molecule has 28 heavy (non-hydrogen) atoms. The molecule has 2 rings (SSSR count). The lowest BCUT2D eigenvalue weighted by Gasteiger charge is -2.13. The van der Waals surface area contributed by atoms with Crippen molar-refractivity contribution in [2.45, 2.75) is 26.3 Å². The Hall–Kier alpha value is -3.22. The highest BCUT2D eigenvalue weighted by molar-refractivity contribution is 5.98. The number of benzene rings is 2. The molecule has 0 radical (unpaired) electrons. The van der Waals surface area contributed by atoms with Crippen LogP contribution in [0.25, 0.3) is 0 Å². The van der Waals surface area contributed by atoms with Gasteiger partial charge in [-0.25, -0.2) is 4.39 Å². The number of Topliss-reactive ketones (excluding diaryl/α,β-unsaturated/α-hetero) is 1. The second-order valence-corrected chi connectivity index (χ2v) is 6.27. The fourth-order valence-corrected chi connectivity index (χ4v) is 2.61. The van der Waals surface area contributed by atoms with Gasteiger partial charge in [-0.15, -0.1) is 0 Å². The Morgan fingerprint density at radius 1 is 1.11 bits per heavy atom. The Bertz CT molecular complexity index is 864. The zero-order valence-corrected chi connectivity index (χ0v) is 16.0. The largest absolute Gasteiger partial charge is 0.494 e. The Kier molecular flexibility index (Phi) is 7.26. The van der Waals surface area contributed by atoms with Crippen molar-refractivity contribution in [1.82, 2.24) is 5.32 Å². The minimum Gasteiger partial charge on any atom is -0.494 e. The second-order valence-electron chi connectivity index (χ2n) is 6.27. The summed E-state index contributed by atoms with van der Waals surface area (Å²) in [6, 6.07) is 10.7. The first kappa shape index (κ1) is 21.1. The van der Waals surface area contributed by atoms with Crippen molar-refractivity contribution in [1.29, 1.82) is 0 Å². The van der Waals surface area contributed by atoms with Crippen LogP contribution in [0.3, 0.4) is 0 Å². The molecule has 0 saturated heterocycles. The third kappa shape index (κ3) is 5.90. The molecule has 0 fully saturated rings. The van der Waals surface area contributed by atoms with Crippen LogP contribution in [0.4, 0.5) is 4.39 Å². The molecule has 0 aliphatic carbocycles. The number of carbonyl (C=O) groups is 3. The highest BCUT2D eigenvalue weighted by Crippen LogP contribution is 2.18. The van der Waals surface area contributed by atoms with Crippen LogP contribution in [0.5, 0.6) is 5.75 Å². The van der Waals surface area contributed by atoms with E-state index in [4.69, 9.17) is 9.47 Å². The van der Waals surface area contributed by atoms with Gasteiger partial charge in [0.2, 0.25) is 5.91 Å². The van der Waals surface area contributed by atoms with Gasteiger partial charge in [0.05, 0.1) is 19.6 Å². The maximum atomic E-state index is 13.6. The Labute approximate surface area is 162 Å². The van der Waals surface area contributed by atoms with E-state index in [1.54, 1.807) is 30.3 Å². The van der Waals surface area contributed by atoms with Crippen molar-refractivity contribution in [2.75, 3.05) is 13.7 Å². The second kappa shape index (κ2) is 9.64. The molecule has 1 atom stereocenters. The number of amides is 1. The lowest BCUT2D eigenvalue weighted by molar-refractivity contribution is -0.141. The predicted molar refractivity (Wildman–Crippen MR) is 101 cm³/mol. The molecule has 0 aliphatic heterocycles. The zero-order valence-electron chi connectivity index (χ0n) is 16.0. The molecule has 0 spiro atoms. The van der Waals surface area contributed by atoms with E-state index in [2.05, 4.69) is 5.32 Å². The van der Waals surface area contributed by atoms with E-state index in [9.17, 15) is 18.8 Å². The monoisotopic (exact) mass is 387 g/mol.